The van der Waals surface area contributed by atoms with Crippen LogP contribution in [0.3, 0.4) is 0 Å². The van der Waals surface area contributed by atoms with Crippen LogP contribution in [0.5, 0.6) is 0 Å². The molecule has 0 bridgehead atoms. The van der Waals surface area contributed by atoms with Crippen LogP contribution in [0.4, 0.5) is 0 Å². The van der Waals surface area contributed by atoms with Gasteiger partial charge in [0.25, 0.3) is 0 Å². The van der Waals surface area contributed by atoms with Crippen molar-refractivity contribution in [2.75, 3.05) is 13.2 Å². The number of esters is 2. The fraction of sp³-hybridized carbons (Fsp3) is 0.375. The Bertz CT molecular complexity index is 997. The predicted octanol–water partition coefficient (Wildman–Crippen LogP) is 4.83. The highest BCUT2D eigenvalue weighted by Gasteiger charge is 2.44. The molecule has 0 aliphatic carbocycles. The molecule has 0 amide bonds. The number of allylic oxidation sites excluding steroid dienone is 1. The summed E-state index contributed by atoms with van der Waals surface area (Å²) in [5.74, 6) is -1.20. The minimum absolute atomic E-state index is 0.224. The van der Waals surface area contributed by atoms with Gasteiger partial charge in [-0.2, -0.15) is 0 Å². The maximum absolute atomic E-state index is 12.8. The molecule has 1 aliphatic rings. The Kier molecular flexibility index (Phi) is 6.55. The quantitative estimate of drug-likeness (QED) is 0.639. The molecule has 2 aromatic rings. The summed E-state index contributed by atoms with van der Waals surface area (Å²) in [6, 6.07) is 11.6. The highest BCUT2D eigenvalue weighted by molar-refractivity contribution is 6.06. The maximum atomic E-state index is 12.8. The SMILES string of the molecule is CCOC(=O)C1=C(C)N=C(C)C(C(=O)OCC)[C@H]1c1ccc(-c2ccc(C)cc2)o1. The van der Waals surface area contributed by atoms with Crippen LogP contribution in [0.2, 0.25) is 0 Å². The second-order valence-corrected chi connectivity index (χ2v) is 7.25. The molecular weight excluding hydrogens is 382 g/mol. The van der Waals surface area contributed by atoms with Gasteiger partial charge in [0.15, 0.2) is 0 Å². The summed E-state index contributed by atoms with van der Waals surface area (Å²) in [4.78, 5) is 30.1. The zero-order valence-corrected chi connectivity index (χ0v) is 18.0. The van der Waals surface area contributed by atoms with E-state index in [0.29, 0.717) is 28.5 Å². The lowest BCUT2D eigenvalue weighted by Gasteiger charge is -2.29. The number of carbonyl (C=O) groups excluding carboxylic acids is 2. The number of ether oxygens (including phenoxy) is 2. The fourth-order valence-electron chi connectivity index (χ4n) is 3.75. The number of aliphatic imine (C=N–C) groups is 1. The molecule has 2 atom stereocenters. The van der Waals surface area contributed by atoms with Crippen LogP contribution < -0.4 is 0 Å². The summed E-state index contributed by atoms with van der Waals surface area (Å²) in [5, 5.41) is 0. The van der Waals surface area contributed by atoms with Gasteiger partial charge in [-0.1, -0.05) is 29.8 Å². The van der Waals surface area contributed by atoms with Gasteiger partial charge in [-0.05, 0) is 46.8 Å². The number of hydrogen-bond donors (Lipinski definition) is 0. The molecule has 0 radical (unpaired) electrons. The van der Waals surface area contributed by atoms with Crippen LogP contribution in [0.15, 0.2) is 57.1 Å². The van der Waals surface area contributed by atoms with Gasteiger partial charge in [0.05, 0.1) is 24.7 Å². The lowest BCUT2D eigenvalue weighted by Crippen LogP contribution is -2.36. The first-order valence-electron chi connectivity index (χ1n) is 10.1. The third-order valence-electron chi connectivity index (χ3n) is 5.13. The van der Waals surface area contributed by atoms with E-state index in [-0.39, 0.29) is 13.2 Å². The molecule has 2 heterocycles. The van der Waals surface area contributed by atoms with Crippen molar-refractivity contribution in [1.82, 2.24) is 0 Å². The summed E-state index contributed by atoms with van der Waals surface area (Å²) in [6.07, 6.45) is 0. The molecule has 0 fully saturated rings. The summed E-state index contributed by atoms with van der Waals surface area (Å²) in [7, 11) is 0. The van der Waals surface area contributed by atoms with Gasteiger partial charge < -0.3 is 13.9 Å². The van der Waals surface area contributed by atoms with Crippen molar-refractivity contribution >= 4 is 17.7 Å². The third kappa shape index (κ3) is 4.22. The summed E-state index contributed by atoms with van der Waals surface area (Å²) in [6.45, 7) is 9.48. The van der Waals surface area contributed by atoms with E-state index in [1.54, 1.807) is 33.8 Å². The molecule has 1 unspecified atom stereocenters. The molecule has 6 heteroatoms. The number of aryl methyl sites for hydroxylation is 1. The van der Waals surface area contributed by atoms with E-state index in [9.17, 15) is 9.59 Å². The number of rotatable bonds is 6. The first-order chi connectivity index (χ1) is 14.4. The van der Waals surface area contributed by atoms with Crippen molar-refractivity contribution in [2.24, 2.45) is 10.9 Å². The van der Waals surface area contributed by atoms with Crippen LogP contribution in [0.25, 0.3) is 11.3 Å². The number of nitrogens with zero attached hydrogens (tertiary/aromatic N) is 1. The summed E-state index contributed by atoms with van der Waals surface area (Å²) >= 11 is 0. The topological polar surface area (TPSA) is 78.1 Å². The molecule has 1 aromatic heterocycles. The Morgan fingerprint density at radius 3 is 2.27 bits per heavy atom. The van der Waals surface area contributed by atoms with Crippen LogP contribution in [0.1, 0.15) is 44.9 Å². The fourth-order valence-corrected chi connectivity index (χ4v) is 3.75. The van der Waals surface area contributed by atoms with E-state index < -0.39 is 23.8 Å². The van der Waals surface area contributed by atoms with Crippen molar-refractivity contribution in [3.63, 3.8) is 0 Å². The monoisotopic (exact) mass is 409 g/mol. The van der Waals surface area contributed by atoms with E-state index in [1.807, 2.05) is 37.3 Å². The smallest absolute Gasteiger partial charge is 0.336 e. The van der Waals surface area contributed by atoms with Crippen molar-refractivity contribution in [2.45, 2.75) is 40.5 Å². The Labute approximate surface area is 176 Å². The lowest BCUT2D eigenvalue weighted by atomic mass is 9.78. The lowest BCUT2D eigenvalue weighted by molar-refractivity contribution is -0.146. The molecule has 3 rings (SSSR count). The molecule has 0 saturated carbocycles. The van der Waals surface area contributed by atoms with E-state index in [2.05, 4.69) is 4.99 Å². The number of carbonyl (C=O) groups is 2. The van der Waals surface area contributed by atoms with Gasteiger partial charge in [0, 0.05) is 17.0 Å². The Balaban J connectivity index is 2.10. The van der Waals surface area contributed by atoms with E-state index in [1.165, 1.54) is 0 Å². The largest absolute Gasteiger partial charge is 0.465 e. The van der Waals surface area contributed by atoms with Crippen molar-refractivity contribution in [3.05, 3.63) is 59.0 Å². The van der Waals surface area contributed by atoms with E-state index in [4.69, 9.17) is 13.9 Å². The molecule has 1 aliphatic heterocycles. The first-order valence-corrected chi connectivity index (χ1v) is 10.1. The Hall–Kier alpha value is -3.15. The highest BCUT2D eigenvalue weighted by Crippen LogP contribution is 2.41. The van der Waals surface area contributed by atoms with Crippen molar-refractivity contribution in [3.8, 4) is 11.3 Å². The molecule has 0 saturated heterocycles. The molecular formula is C24H27NO5. The van der Waals surface area contributed by atoms with Crippen LogP contribution in [-0.2, 0) is 19.1 Å². The Morgan fingerprint density at radius 1 is 0.967 bits per heavy atom. The minimum Gasteiger partial charge on any atom is -0.465 e. The van der Waals surface area contributed by atoms with Gasteiger partial charge in [-0.3, -0.25) is 9.79 Å². The molecule has 6 nitrogen and oxygen atoms in total. The number of hydrogen-bond acceptors (Lipinski definition) is 6. The van der Waals surface area contributed by atoms with E-state index >= 15 is 0 Å². The second kappa shape index (κ2) is 9.11. The summed E-state index contributed by atoms with van der Waals surface area (Å²) in [5.41, 5.74) is 3.49. The molecule has 30 heavy (non-hydrogen) atoms. The number of furan rings is 1. The van der Waals surface area contributed by atoms with Gasteiger partial charge in [0.2, 0.25) is 0 Å². The van der Waals surface area contributed by atoms with Crippen molar-refractivity contribution in [1.29, 1.82) is 0 Å². The molecule has 1 aromatic carbocycles. The van der Waals surface area contributed by atoms with Crippen LogP contribution >= 0.6 is 0 Å². The van der Waals surface area contributed by atoms with Gasteiger partial charge in [-0.15, -0.1) is 0 Å². The minimum atomic E-state index is -0.759. The standard InChI is InChI=1S/C24H27NO5/c1-6-28-23(26)20-15(4)25-16(5)21(24(27)29-7-2)22(20)19-13-12-18(30-19)17-10-8-14(3)9-11-17/h8-13,20,22H,6-7H2,1-5H3/t20?,22-/m1/s1. The van der Waals surface area contributed by atoms with Gasteiger partial charge in [0.1, 0.15) is 17.4 Å². The van der Waals surface area contributed by atoms with Gasteiger partial charge in [-0.25, -0.2) is 4.79 Å². The van der Waals surface area contributed by atoms with Crippen LogP contribution in [0, 0.1) is 12.8 Å². The third-order valence-corrected chi connectivity index (χ3v) is 5.13. The average Bonchev–Trinajstić information content (AvgIpc) is 3.18. The number of benzene rings is 1. The Morgan fingerprint density at radius 2 is 1.63 bits per heavy atom. The second-order valence-electron chi connectivity index (χ2n) is 7.25. The first kappa shape index (κ1) is 21.6. The van der Waals surface area contributed by atoms with Crippen LogP contribution in [-0.4, -0.2) is 30.9 Å². The molecule has 158 valence electrons. The molecule has 0 N–H and O–H groups in total. The predicted molar refractivity (Wildman–Crippen MR) is 114 cm³/mol. The zero-order valence-electron chi connectivity index (χ0n) is 18.0. The highest BCUT2D eigenvalue weighted by atomic mass is 16.5. The molecule has 0 spiro atoms. The van der Waals surface area contributed by atoms with E-state index in [0.717, 1.165) is 11.1 Å². The normalized spacial score (nSPS) is 18.8. The average molecular weight is 409 g/mol. The zero-order chi connectivity index (χ0) is 21.8. The van der Waals surface area contributed by atoms with Gasteiger partial charge >= 0.3 is 11.9 Å². The van der Waals surface area contributed by atoms with Crippen molar-refractivity contribution < 1.29 is 23.5 Å². The summed E-state index contributed by atoms with van der Waals surface area (Å²) < 4.78 is 16.7. The maximum Gasteiger partial charge on any atom is 0.336 e.